The van der Waals surface area contributed by atoms with E-state index in [2.05, 4.69) is 5.32 Å². The van der Waals surface area contributed by atoms with Crippen LogP contribution < -0.4 is 14.8 Å². The van der Waals surface area contributed by atoms with E-state index in [1.54, 1.807) is 12.1 Å². The Morgan fingerprint density at radius 3 is 2.77 bits per heavy atom. The summed E-state index contributed by atoms with van der Waals surface area (Å²) in [6.45, 7) is 2.76. The monoisotopic (exact) mass is 303 g/mol. The predicted molar refractivity (Wildman–Crippen MR) is 80.4 cm³/mol. The van der Waals surface area contributed by atoms with Gasteiger partial charge in [-0.1, -0.05) is 0 Å². The zero-order valence-electron chi connectivity index (χ0n) is 12.6. The highest BCUT2D eigenvalue weighted by molar-refractivity contribution is 5.94. The van der Waals surface area contributed by atoms with Crippen molar-refractivity contribution < 1.29 is 19.0 Å². The third-order valence-corrected chi connectivity index (χ3v) is 4.75. The zero-order valence-corrected chi connectivity index (χ0v) is 12.6. The molecule has 1 N–H and O–H groups in total. The summed E-state index contributed by atoms with van der Waals surface area (Å²) in [4.78, 5) is 12.2. The van der Waals surface area contributed by atoms with Gasteiger partial charge in [-0.05, 0) is 43.9 Å². The summed E-state index contributed by atoms with van der Waals surface area (Å²) in [6.07, 6.45) is 4.57. The van der Waals surface area contributed by atoms with E-state index in [1.165, 1.54) is 0 Å². The van der Waals surface area contributed by atoms with E-state index >= 15 is 0 Å². The quantitative estimate of drug-likeness (QED) is 0.929. The summed E-state index contributed by atoms with van der Waals surface area (Å²) < 4.78 is 17.2. The highest BCUT2D eigenvalue weighted by atomic mass is 16.5. The van der Waals surface area contributed by atoms with Crippen LogP contribution in [0.3, 0.4) is 0 Å². The lowest BCUT2D eigenvalue weighted by Crippen LogP contribution is -2.31. The van der Waals surface area contributed by atoms with Crippen LogP contribution in [-0.4, -0.2) is 38.4 Å². The van der Waals surface area contributed by atoms with Crippen LogP contribution in [0.25, 0.3) is 0 Å². The second-order valence-electron chi connectivity index (χ2n) is 6.58. The van der Waals surface area contributed by atoms with Gasteiger partial charge in [-0.15, -0.1) is 0 Å². The van der Waals surface area contributed by atoms with Crippen LogP contribution >= 0.6 is 0 Å². The van der Waals surface area contributed by atoms with Crippen LogP contribution in [0.15, 0.2) is 18.2 Å². The molecule has 118 valence electrons. The van der Waals surface area contributed by atoms with Crippen molar-refractivity contribution in [3.8, 4) is 11.5 Å². The Bertz CT molecular complexity index is 576. The number of hydrogen-bond donors (Lipinski definition) is 1. The van der Waals surface area contributed by atoms with E-state index in [0.29, 0.717) is 31.1 Å². The maximum atomic E-state index is 12.2. The third-order valence-electron chi connectivity index (χ3n) is 4.75. The van der Waals surface area contributed by atoms with Crippen LogP contribution in [0.4, 0.5) is 0 Å². The molecule has 0 aromatic heterocycles. The van der Waals surface area contributed by atoms with Crippen molar-refractivity contribution in [1.29, 1.82) is 0 Å². The van der Waals surface area contributed by atoms with Crippen LogP contribution in [0.1, 0.15) is 36.0 Å². The molecule has 2 aliphatic heterocycles. The van der Waals surface area contributed by atoms with Crippen LogP contribution in [-0.2, 0) is 4.74 Å². The Labute approximate surface area is 129 Å². The van der Waals surface area contributed by atoms with E-state index < -0.39 is 0 Å². The maximum absolute atomic E-state index is 12.2. The number of hydrogen-bond acceptors (Lipinski definition) is 4. The maximum Gasteiger partial charge on any atom is 0.251 e. The molecule has 1 amide bonds. The van der Waals surface area contributed by atoms with Gasteiger partial charge in [0.1, 0.15) is 0 Å². The molecule has 0 unspecified atom stereocenters. The van der Waals surface area contributed by atoms with Crippen molar-refractivity contribution in [2.75, 3.05) is 26.4 Å². The molecule has 5 nitrogen and oxygen atoms in total. The number of carbonyl (C=O) groups is 1. The molecule has 1 saturated heterocycles. The molecule has 3 aliphatic rings. The summed E-state index contributed by atoms with van der Waals surface area (Å²) in [7, 11) is 0. The highest BCUT2D eigenvalue weighted by Gasteiger charge is 2.46. The van der Waals surface area contributed by atoms with Crippen molar-refractivity contribution in [2.45, 2.75) is 31.8 Å². The van der Waals surface area contributed by atoms with Gasteiger partial charge in [-0.3, -0.25) is 4.79 Å². The topological polar surface area (TPSA) is 56.8 Å². The van der Waals surface area contributed by atoms with Gasteiger partial charge in [0.05, 0.1) is 19.3 Å². The molecule has 1 aliphatic carbocycles. The van der Waals surface area contributed by atoms with Crippen molar-refractivity contribution >= 4 is 5.91 Å². The van der Waals surface area contributed by atoms with Gasteiger partial charge >= 0.3 is 0 Å². The van der Waals surface area contributed by atoms with E-state index in [-0.39, 0.29) is 17.4 Å². The SMILES string of the molecule is O=C(NC[C@H]1CCCO1)c1ccc2c(c1)OCC1(CC1)CO2. The fourth-order valence-electron chi connectivity index (χ4n) is 2.96. The van der Waals surface area contributed by atoms with E-state index in [9.17, 15) is 4.79 Å². The van der Waals surface area contributed by atoms with E-state index in [4.69, 9.17) is 14.2 Å². The van der Waals surface area contributed by atoms with Crippen LogP contribution in [0.5, 0.6) is 11.5 Å². The second-order valence-corrected chi connectivity index (χ2v) is 6.58. The van der Waals surface area contributed by atoms with Gasteiger partial charge in [0.25, 0.3) is 5.91 Å². The van der Waals surface area contributed by atoms with Crippen LogP contribution in [0, 0.1) is 5.41 Å². The van der Waals surface area contributed by atoms with Crippen LogP contribution in [0.2, 0.25) is 0 Å². The Morgan fingerprint density at radius 2 is 2.05 bits per heavy atom. The van der Waals surface area contributed by atoms with Gasteiger partial charge in [0, 0.05) is 24.1 Å². The van der Waals surface area contributed by atoms with Gasteiger partial charge < -0.3 is 19.5 Å². The number of fused-ring (bicyclic) bond motifs is 1. The van der Waals surface area contributed by atoms with Crippen molar-refractivity contribution in [2.24, 2.45) is 5.41 Å². The summed E-state index contributed by atoms with van der Waals surface area (Å²) in [5.41, 5.74) is 0.813. The normalized spacial score (nSPS) is 24.8. The number of benzene rings is 1. The molecule has 1 spiro atoms. The lowest BCUT2D eigenvalue weighted by Gasteiger charge is -2.12. The smallest absolute Gasteiger partial charge is 0.251 e. The van der Waals surface area contributed by atoms with Gasteiger partial charge in [0.2, 0.25) is 0 Å². The molecule has 1 saturated carbocycles. The first kappa shape index (κ1) is 13.9. The minimum absolute atomic E-state index is 0.0905. The fourth-order valence-corrected chi connectivity index (χ4v) is 2.96. The standard InChI is InChI=1S/C17H21NO4/c19-16(18-9-13-2-1-7-20-13)12-3-4-14-15(8-12)22-11-17(5-6-17)10-21-14/h3-4,8,13H,1-2,5-7,9-11H2,(H,18,19)/t13-/m1/s1. The minimum Gasteiger partial charge on any atom is -0.489 e. The molecule has 1 aromatic carbocycles. The molecule has 0 bridgehead atoms. The molecule has 2 fully saturated rings. The Kier molecular flexibility index (Phi) is 3.45. The van der Waals surface area contributed by atoms with Gasteiger partial charge in [-0.25, -0.2) is 0 Å². The van der Waals surface area contributed by atoms with Gasteiger partial charge in [0.15, 0.2) is 11.5 Å². The summed E-state index contributed by atoms with van der Waals surface area (Å²) >= 11 is 0. The Balaban J connectivity index is 1.42. The first-order chi connectivity index (χ1) is 10.7. The van der Waals surface area contributed by atoms with E-state index in [1.807, 2.05) is 6.07 Å². The lowest BCUT2D eigenvalue weighted by atomic mass is 10.1. The molecule has 4 rings (SSSR count). The second kappa shape index (κ2) is 5.47. The van der Waals surface area contributed by atoms with Crippen molar-refractivity contribution in [3.05, 3.63) is 23.8 Å². The van der Waals surface area contributed by atoms with E-state index in [0.717, 1.165) is 38.0 Å². The molecular weight excluding hydrogens is 282 g/mol. The third kappa shape index (κ3) is 2.77. The minimum atomic E-state index is -0.0905. The average Bonchev–Trinajstić information content (AvgIpc) is 3.18. The number of carbonyl (C=O) groups excluding carboxylic acids is 1. The summed E-state index contributed by atoms with van der Waals surface area (Å²) in [6, 6.07) is 5.40. The predicted octanol–water partition coefficient (Wildman–Crippen LogP) is 2.15. The largest absolute Gasteiger partial charge is 0.489 e. The summed E-state index contributed by atoms with van der Waals surface area (Å²) in [5, 5.41) is 2.93. The first-order valence-corrected chi connectivity index (χ1v) is 8.04. The van der Waals surface area contributed by atoms with Crippen molar-refractivity contribution in [1.82, 2.24) is 5.32 Å². The first-order valence-electron chi connectivity index (χ1n) is 8.04. The Hall–Kier alpha value is -1.75. The molecule has 5 heteroatoms. The fraction of sp³-hybridized carbons (Fsp3) is 0.588. The summed E-state index contributed by atoms with van der Waals surface area (Å²) in [5.74, 6) is 1.32. The number of rotatable bonds is 3. The lowest BCUT2D eigenvalue weighted by molar-refractivity contribution is 0.0857. The molecular formula is C17H21NO4. The number of ether oxygens (including phenoxy) is 3. The Morgan fingerprint density at radius 1 is 1.23 bits per heavy atom. The van der Waals surface area contributed by atoms with Gasteiger partial charge in [-0.2, -0.15) is 0 Å². The number of amides is 1. The average molecular weight is 303 g/mol. The van der Waals surface area contributed by atoms with Crippen molar-refractivity contribution in [3.63, 3.8) is 0 Å². The zero-order chi connectivity index (χ0) is 15.0. The molecule has 1 atom stereocenters. The molecule has 2 heterocycles. The molecule has 22 heavy (non-hydrogen) atoms. The molecule has 0 radical (unpaired) electrons. The highest BCUT2D eigenvalue weighted by Crippen LogP contribution is 2.49. The molecule has 1 aromatic rings. The number of nitrogens with one attached hydrogen (secondary N) is 1.